The fraction of sp³-hybridized carbons (Fsp3) is 0.750. The first kappa shape index (κ1) is 7.22. The van der Waals surface area contributed by atoms with Crippen LogP contribution in [0, 0.1) is 5.92 Å². The standard InChI is InChI=1S/C8H12N2S/c1-6(2)8(3-4-8)7-10-9-5-11-7/h5-6H,3-4H2,1-2H3. The summed E-state index contributed by atoms with van der Waals surface area (Å²) in [6.07, 6.45) is 2.61. The smallest absolute Gasteiger partial charge is 0.123 e. The van der Waals surface area contributed by atoms with Gasteiger partial charge in [0, 0.05) is 5.41 Å². The number of hydrogen-bond acceptors (Lipinski definition) is 3. The van der Waals surface area contributed by atoms with E-state index in [1.807, 2.05) is 5.51 Å². The van der Waals surface area contributed by atoms with Crippen molar-refractivity contribution in [2.45, 2.75) is 32.1 Å². The van der Waals surface area contributed by atoms with Crippen LogP contribution in [0.1, 0.15) is 31.7 Å². The second-order valence-electron chi connectivity index (χ2n) is 3.55. The SMILES string of the molecule is CC(C)C1(c2nncs2)CC1. The van der Waals surface area contributed by atoms with Crippen LogP contribution in [0.3, 0.4) is 0 Å². The maximum absolute atomic E-state index is 4.14. The molecule has 1 aliphatic rings. The molecule has 0 aliphatic heterocycles. The lowest BCUT2D eigenvalue weighted by Gasteiger charge is -2.14. The molecule has 0 N–H and O–H groups in total. The van der Waals surface area contributed by atoms with Gasteiger partial charge in [-0.3, -0.25) is 0 Å². The Morgan fingerprint density at radius 3 is 2.64 bits per heavy atom. The van der Waals surface area contributed by atoms with E-state index in [2.05, 4.69) is 24.0 Å². The van der Waals surface area contributed by atoms with E-state index in [0.717, 1.165) is 5.92 Å². The van der Waals surface area contributed by atoms with E-state index >= 15 is 0 Å². The van der Waals surface area contributed by atoms with Crippen molar-refractivity contribution in [3.63, 3.8) is 0 Å². The van der Waals surface area contributed by atoms with Crippen LogP contribution in [0.25, 0.3) is 0 Å². The fourth-order valence-corrected chi connectivity index (χ4v) is 2.53. The molecular weight excluding hydrogens is 156 g/mol. The Kier molecular flexibility index (Phi) is 1.49. The van der Waals surface area contributed by atoms with Crippen molar-refractivity contribution in [1.29, 1.82) is 0 Å². The monoisotopic (exact) mass is 168 g/mol. The van der Waals surface area contributed by atoms with Gasteiger partial charge >= 0.3 is 0 Å². The molecule has 0 amide bonds. The second kappa shape index (κ2) is 2.27. The van der Waals surface area contributed by atoms with Crippen LogP contribution < -0.4 is 0 Å². The largest absolute Gasteiger partial charge is 0.147 e. The first-order valence-corrected chi connectivity index (χ1v) is 4.90. The highest BCUT2D eigenvalue weighted by molar-refractivity contribution is 7.09. The Bertz CT molecular complexity index is 237. The van der Waals surface area contributed by atoms with E-state index in [1.54, 1.807) is 11.3 Å². The summed E-state index contributed by atoms with van der Waals surface area (Å²) >= 11 is 1.70. The van der Waals surface area contributed by atoms with Crippen molar-refractivity contribution in [2.24, 2.45) is 5.92 Å². The predicted molar refractivity (Wildman–Crippen MR) is 45.7 cm³/mol. The number of aromatic nitrogens is 2. The minimum absolute atomic E-state index is 0.418. The molecule has 60 valence electrons. The zero-order valence-corrected chi connectivity index (χ0v) is 7.69. The van der Waals surface area contributed by atoms with E-state index in [0.29, 0.717) is 5.41 Å². The zero-order chi connectivity index (χ0) is 7.90. The zero-order valence-electron chi connectivity index (χ0n) is 6.87. The van der Waals surface area contributed by atoms with E-state index < -0.39 is 0 Å². The number of nitrogens with zero attached hydrogens (tertiary/aromatic N) is 2. The summed E-state index contributed by atoms with van der Waals surface area (Å²) in [5.74, 6) is 0.718. The lowest BCUT2D eigenvalue weighted by molar-refractivity contribution is 0.476. The molecule has 1 heterocycles. The molecular formula is C8H12N2S. The van der Waals surface area contributed by atoms with Crippen molar-refractivity contribution in [3.05, 3.63) is 10.5 Å². The fourth-order valence-electron chi connectivity index (χ4n) is 1.56. The van der Waals surface area contributed by atoms with E-state index in [1.165, 1.54) is 17.8 Å². The van der Waals surface area contributed by atoms with Crippen molar-refractivity contribution in [2.75, 3.05) is 0 Å². The Morgan fingerprint density at radius 1 is 1.55 bits per heavy atom. The van der Waals surface area contributed by atoms with Gasteiger partial charge in [0.15, 0.2) is 0 Å². The van der Waals surface area contributed by atoms with Crippen LogP contribution in [-0.2, 0) is 5.41 Å². The third-order valence-corrected chi connectivity index (χ3v) is 3.59. The predicted octanol–water partition coefficient (Wildman–Crippen LogP) is 2.23. The molecule has 0 bridgehead atoms. The highest BCUT2D eigenvalue weighted by atomic mass is 32.1. The highest BCUT2D eigenvalue weighted by Crippen LogP contribution is 2.53. The molecule has 0 unspecified atom stereocenters. The van der Waals surface area contributed by atoms with E-state index in [4.69, 9.17) is 0 Å². The van der Waals surface area contributed by atoms with E-state index in [9.17, 15) is 0 Å². The summed E-state index contributed by atoms with van der Waals surface area (Å²) in [6, 6.07) is 0. The topological polar surface area (TPSA) is 25.8 Å². The van der Waals surface area contributed by atoms with Gasteiger partial charge in [-0.25, -0.2) is 0 Å². The third-order valence-electron chi connectivity index (χ3n) is 2.68. The summed E-state index contributed by atoms with van der Waals surface area (Å²) < 4.78 is 0. The highest BCUT2D eigenvalue weighted by Gasteiger charge is 2.49. The molecule has 0 saturated heterocycles. The average Bonchev–Trinajstić information content (AvgIpc) is 2.61. The first-order valence-electron chi connectivity index (χ1n) is 4.02. The molecule has 0 spiro atoms. The Hall–Kier alpha value is -0.440. The van der Waals surface area contributed by atoms with Crippen molar-refractivity contribution in [1.82, 2.24) is 10.2 Å². The second-order valence-corrected chi connectivity index (χ2v) is 4.39. The number of rotatable bonds is 2. The van der Waals surface area contributed by atoms with Crippen molar-refractivity contribution < 1.29 is 0 Å². The lowest BCUT2D eigenvalue weighted by Crippen LogP contribution is -2.14. The van der Waals surface area contributed by atoms with Gasteiger partial charge < -0.3 is 0 Å². The maximum atomic E-state index is 4.14. The van der Waals surface area contributed by atoms with Gasteiger partial charge in [0.25, 0.3) is 0 Å². The van der Waals surface area contributed by atoms with Crippen LogP contribution in [-0.4, -0.2) is 10.2 Å². The minimum Gasteiger partial charge on any atom is -0.147 e. The van der Waals surface area contributed by atoms with E-state index in [-0.39, 0.29) is 0 Å². The Morgan fingerprint density at radius 2 is 2.27 bits per heavy atom. The summed E-state index contributed by atoms with van der Waals surface area (Å²) in [4.78, 5) is 0. The van der Waals surface area contributed by atoms with Gasteiger partial charge in [0.05, 0.1) is 0 Å². The summed E-state index contributed by atoms with van der Waals surface area (Å²) in [7, 11) is 0. The molecule has 2 rings (SSSR count). The Labute approximate surface area is 70.7 Å². The molecule has 0 atom stereocenters. The summed E-state index contributed by atoms with van der Waals surface area (Å²) in [5.41, 5.74) is 2.25. The van der Waals surface area contributed by atoms with Crippen LogP contribution in [0.2, 0.25) is 0 Å². The summed E-state index contributed by atoms with van der Waals surface area (Å²) in [5, 5.41) is 9.26. The lowest BCUT2D eigenvalue weighted by atomic mass is 9.93. The van der Waals surface area contributed by atoms with Gasteiger partial charge in [0.1, 0.15) is 10.5 Å². The normalized spacial score (nSPS) is 20.6. The first-order chi connectivity index (χ1) is 5.26. The third kappa shape index (κ3) is 0.984. The molecule has 0 aromatic carbocycles. The van der Waals surface area contributed by atoms with Gasteiger partial charge in [-0.05, 0) is 18.8 Å². The molecule has 1 saturated carbocycles. The molecule has 1 aliphatic carbocycles. The minimum atomic E-state index is 0.418. The molecule has 3 heteroatoms. The molecule has 11 heavy (non-hydrogen) atoms. The van der Waals surface area contributed by atoms with Crippen molar-refractivity contribution >= 4 is 11.3 Å². The molecule has 1 aromatic heterocycles. The van der Waals surface area contributed by atoms with Gasteiger partial charge in [-0.15, -0.1) is 21.5 Å². The number of hydrogen-bond donors (Lipinski definition) is 0. The molecule has 0 radical (unpaired) electrons. The van der Waals surface area contributed by atoms with Crippen molar-refractivity contribution in [3.8, 4) is 0 Å². The van der Waals surface area contributed by atoms with Crippen LogP contribution in [0.5, 0.6) is 0 Å². The van der Waals surface area contributed by atoms with Gasteiger partial charge in [0.2, 0.25) is 0 Å². The maximum Gasteiger partial charge on any atom is 0.123 e. The van der Waals surface area contributed by atoms with Crippen LogP contribution >= 0.6 is 11.3 Å². The van der Waals surface area contributed by atoms with Gasteiger partial charge in [-0.2, -0.15) is 0 Å². The quantitative estimate of drug-likeness (QED) is 0.676. The molecule has 1 aromatic rings. The summed E-state index contributed by atoms with van der Waals surface area (Å²) in [6.45, 7) is 4.54. The molecule has 1 fully saturated rings. The average molecular weight is 168 g/mol. The Balaban J connectivity index is 2.29. The van der Waals surface area contributed by atoms with Gasteiger partial charge in [-0.1, -0.05) is 13.8 Å². The van der Waals surface area contributed by atoms with Crippen LogP contribution in [0.4, 0.5) is 0 Å². The molecule has 2 nitrogen and oxygen atoms in total. The van der Waals surface area contributed by atoms with Crippen LogP contribution in [0.15, 0.2) is 5.51 Å².